The van der Waals surface area contributed by atoms with Crippen LogP contribution < -0.4 is 10.5 Å². The Balaban J connectivity index is 1.49. The monoisotopic (exact) mass is 381 g/mol. The number of nitrogens with zero attached hydrogens (tertiary/aromatic N) is 4. The Bertz CT molecular complexity index is 1020. The van der Waals surface area contributed by atoms with E-state index in [1.807, 2.05) is 18.2 Å². The largest absolute Gasteiger partial charge is 0.462 e. The van der Waals surface area contributed by atoms with Crippen molar-refractivity contribution in [1.82, 2.24) is 19.5 Å². The molecule has 1 N–H and O–H groups in total. The number of fused-ring (bicyclic) bond motifs is 1. The van der Waals surface area contributed by atoms with Gasteiger partial charge in [-0.1, -0.05) is 18.2 Å². The summed E-state index contributed by atoms with van der Waals surface area (Å²) >= 11 is 0. The van der Waals surface area contributed by atoms with E-state index in [-0.39, 0.29) is 17.7 Å². The second-order valence-electron chi connectivity index (χ2n) is 6.75. The number of para-hydroxylation sites is 1. The zero-order valence-electron chi connectivity index (χ0n) is 15.8. The molecule has 3 heterocycles. The maximum absolute atomic E-state index is 12.4. The molecule has 0 bridgehead atoms. The van der Waals surface area contributed by atoms with E-state index in [9.17, 15) is 9.59 Å². The zero-order chi connectivity index (χ0) is 19.5. The number of aromatic amines is 1. The molecular formula is C20H23N5O3. The van der Waals surface area contributed by atoms with Crippen molar-refractivity contribution in [3.8, 4) is 0 Å². The van der Waals surface area contributed by atoms with Crippen molar-refractivity contribution in [3.63, 3.8) is 0 Å². The number of carbonyl (C=O) groups excluding carboxylic acids is 1. The van der Waals surface area contributed by atoms with E-state index < -0.39 is 5.97 Å². The molecule has 3 aromatic rings. The van der Waals surface area contributed by atoms with Crippen LogP contribution in [0.2, 0.25) is 0 Å². The Morgan fingerprint density at radius 1 is 1.18 bits per heavy atom. The van der Waals surface area contributed by atoms with Crippen LogP contribution in [0.15, 0.2) is 47.4 Å². The van der Waals surface area contributed by atoms with Crippen molar-refractivity contribution in [2.75, 3.05) is 37.7 Å². The SMILES string of the molecule is CCOC(=O)c1c[nH]n2c(=O)cc(CN3CCN(c4ccccc4)CC3)nc12. The summed E-state index contributed by atoms with van der Waals surface area (Å²) in [5.74, 6) is -0.484. The number of piperazine rings is 1. The number of hydrogen-bond donors (Lipinski definition) is 1. The predicted molar refractivity (Wildman–Crippen MR) is 106 cm³/mol. The quantitative estimate of drug-likeness (QED) is 0.675. The van der Waals surface area contributed by atoms with Crippen molar-refractivity contribution < 1.29 is 9.53 Å². The molecule has 0 spiro atoms. The Labute approximate surface area is 162 Å². The molecule has 0 unspecified atom stereocenters. The van der Waals surface area contributed by atoms with Crippen LogP contribution in [-0.4, -0.2) is 58.3 Å². The van der Waals surface area contributed by atoms with Crippen molar-refractivity contribution in [2.45, 2.75) is 13.5 Å². The van der Waals surface area contributed by atoms with E-state index >= 15 is 0 Å². The van der Waals surface area contributed by atoms with E-state index in [1.54, 1.807) is 6.92 Å². The summed E-state index contributed by atoms with van der Waals surface area (Å²) in [4.78, 5) is 33.6. The lowest BCUT2D eigenvalue weighted by atomic mass is 10.2. The molecule has 1 fully saturated rings. The highest BCUT2D eigenvalue weighted by atomic mass is 16.5. The molecule has 8 heteroatoms. The molecule has 8 nitrogen and oxygen atoms in total. The van der Waals surface area contributed by atoms with Crippen LogP contribution in [0.1, 0.15) is 23.0 Å². The molecule has 146 valence electrons. The molecule has 1 aliphatic rings. The highest BCUT2D eigenvalue weighted by molar-refractivity contribution is 5.95. The van der Waals surface area contributed by atoms with Gasteiger partial charge in [0, 0.05) is 50.7 Å². The molecule has 28 heavy (non-hydrogen) atoms. The first-order valence-corrected chi connectivity index (χ1v) is 9.45. The molecule has 0 amide bonds. The number of anilines is 1. The summed E-state index contributed by atoms with van der Waals surface area (Å²) in [5.41, 5.74) is 2.23. The Hall–Kier alpha value is -3.13. The van der Waals surface area contributed by atoms with Gasteiger partial charge in [0.25, 0.3) is 5.56 Å². The molecule has 0 atom stereocenters. The smallest absolute Gasteiger partial charge is 0.343 e. The molecular weight excluding hydrogens is 358 g/mol. The van der Waals surface area contributed by atoms with Gasteiger partial charge in [0.2, 0.25) is 0 Å². The zero-order valence-corrected chi connectivity index (χ0v) is 15.8. The van der Waals surface area contributed by atoms with Gasteiger partial charge >= 0.3 is 5.97 Å². The summed E-state index contributed by atoms with van der Waals surface area (Å²) in [6, 6.07) is 11.9. The number of rotatable bonds is 5. The normalized spacial score (nSPS) is 15.1. The number of H-pyrrole nitrogens is 1. The number of ether oxygens (including phenoxy) is 1. The molecule has 1 aliphatic heterocycles. The third kappa shape index (κ3) is 3.63. The van der Waals surface area contributed by atoms with Gasteiger partial charge in [0.05, 0.1) is 12.3 Å². The van der Waals surface area contributed by atoms with Crippen molar-refractivity contribution in [1.29, 1.82) is 0 Å². The second kappa shape index (κ2) is 7.85. The standard InChI is InChI=1S/C20H23N5O3/c1-2-28-20(27)17-13-21-25-18(26)12-15(22-19(17)25)14-23-8-10-24(11-9-23)16-6-4-3-5-7-16/h3-7,12-13,21H,2,8-11,14H2,1H3. The lowest BCUT2D eigenvalue weighted by Gasteiger charge is -2.35. The van der Waals surface area contributed by atoms with Crippen LogP contribution in [0.3, 0.4) is 0 Å². The molecule has 4 rings (SSSR count). The number of benzene rings is 1. The van der Waals surface area contributed by atoms with Crippen LogP contribution in [0.4, 0.5) is 5.69 Å². The van der Waals surface area contributed by atoms with Gasteiger partial charge in [-0.15, -0.1) is 0 Å². The first kappa shape index (κ1) is 18.2. The summed E-state index contributed by atoms with van der Waals surface area (Å²) in [6.07, 6.45) is 1.46. The topological polar surface area (TPSA) is 82.9 Å². The first-order valence-electron chi connectivity index (χ1n) is 9.45. The average Bonchev–Trinajstić information content (AvgIpc) is 3.14. The molecule has 2 aromatic heterocycles. The van der Waals surface area contributed by atoms with E-state index in [1.165, 1.54) is 22.5 Å². The summed E-state index contributed by atoms with van der Waals surface area (Å²) < 4.78 is 6.31. The minimum absolute atomic E-state index is 0.238. The highest BCUT2D eigenvalue weighted by Gasteiger charge is 2.20. The van der Waals surface area contributed by atoms with E-state index in [2.05, 4.69) is 32.0 Å². The van der Waals surface area contributed by atoms with Gasteiger partial charge in [-0.3, -0.25) is 14.8 Å². The maximum Gasteiger partial charge on any atom is 0.343 e. The fourth-order valence-electron chi connectivity index (χ4n) is 3.50. The van der Waals surface area contributed by atoms with E-state index in [0.29, 0.717) is 17.9 Å². The van der Waals surface area contributed by atoms with Gasteiger partial charge in [-0.25, -0.2) is 14.3 Å². The van der Waals surface area contributed by atoms with E-state index in [0.717, 1.165) is 26.2 Å². The van der Waals surface area contributed by atoms with E-state index in [4.69, 9.17) is 4.74 Å². The van der Waals surface area contributed by atoms with Crippen molar-refractivity contribution >= 4 is 17.3 Å². The number of aromatic nitrogens is 3. The van der Waals surface area contributed by atoms with Gasteiger partial charge in [0.1, 0.15) is 5.56 Å². The van der Waals surface area contributed by atoms with Crippen molar-refractivity contribution in [2.24, 2.45) is 0 Å². The van der Waals surface area contributed by atoms with Crippen LogP contribution in [-0.2, 0) is 11.3 Å². The number of esters is 1. The molecule has 0 aliphatic carbocycles. The molecule has 1 saturated heterocycles. The summed E-state index contributed by atoms with van der Waals surface area (Å²) in [5, 5.41) is 2.77. The van der Waals surface area contributed by atoms with Crippen LogP contribution in [0, 0.1) is 0 Å². The van der Waals surface area contributed by atoms with Crippen molar-refractivity contribution in [3.05, 3.63) is 64.2 Å². The predicted octanol–water partition coefficient (Wildman–Crippen LogP) is 1.52. The highest BCUT2D eigenvalue weighted by Crippen LogP contribution is 2.16. The Kier molecular flexibility index (Phi) is 5.12. The van der Waals surface area contributed by atoms with Gasteiger partial charge in [-0.05, 0) is 19.1 Å². The second-order valence-corrected chi connectivity index (χ2v) is 6.75. The average molecular weight is 381 g/mol. The van der Waals surface area contributed by atoms with Crippen LogP contribution >= 0.6 is 0 Å². The third-order valence-electron chi connectivity index (χ3n) is 4.93. The number of hydrogen-bond acceptors (Lipinski definition) is 6. The minimum Gasteiger partial charge on any atom is -0.462 e. The van der Waals surface area contributed by atoms with Gasteiger partial charge in [-0.2, -0.15) is 0 Å². The number of carbonyl (C=O) groups is 1. The van der Waals surface area contributed by atoms with Crippen LogP contribution in [0.25, 0.3) is 5.65 Å². The first-order chi connectivity index (χ1) is 13.7. The Morgan fingerprint density at radius 3 is 2.64 bits per heavy atom. The van der Waals surface area contributed by atoms with Gasteiger partial charge in [0.15, 0.2) is 5.65 Å². The fourth-order valence-corrected chi connectivity index (χ4v) is 3.50. The van der Waals surface area contributed by atoms with Gasteiger partial charge < -0.3 is 9.64 Å². The summed E-state index contributed by atoms with van der Waals surface area (Å²) in [6.45, 7) is 6.19. The van der Waals surface area contributed by atoms with Crippen LogP contribution in [0.5, 0.6) is 0 Å². The molecule has 0 saturated carbocycles. The Morgan fingerprint density at radius 2 is 1.93 bits per heavy atom. The number of nitrogens with one attached hydrogen (secondary N) is 1. The third-order valence-corrected chi connectivity index (χ3v) is 4.93. The minimum atomic E-state index is -0.484. The molecule has 1 aromatic carbocycles. The fraction of sp³-hybridized carbons (Fsp3) is 0.350. The lowest BCUT2D eigenvalue weighted by molar-refractivity contribution is 0.0528. The summed E-state index contributed by atoms with van der Waals surface area (Å²) in [7, 11) is 0. The maximum atomic E-state index is 12.4. The lowest BCUT2D eigenvalue weighted by Crippen LogP contribution is -2.46. The molecule has 0 radical (unpaired) electrons.